The molecule has 0 amide bonds. The predicted octanol–water partition coefficient (Wildman–Crippen LogP) is 0.755. The lowest BCUT2D eigenvalue weighted by molar-refractivity contribution is -0.166. The van der Waals surface area contributed by atoms with Crippen LogP contribution in [-0.4, -0.2) is 62.3 Å². The number of hydrogen-bond acceptors (Lipinski definition) is 10. The first-order valence-electron chi connectivity index (χ1n) is 8.24. The van der Waals surface area contributed by atoms with Crippen LogP contribution < -0.4 is 0 Å². The molecule has 0 bridgehead atoms. The Labute approximate surface area is 164 Å². The monoisotopic (exact) mass is 412 g/mol. The van der Waals surface area contributed by atoms with Crippen molar-refractivity contribution in [3.05, 3.63) is 17.8 Å². The maximum absolute atomic E-state index is 11.7. The Hall–Kier alpha value is -2.79. The average Bonchev–Trinajstić information content (AvgIpc) is 3.19. The topological polar surface area (TPSA) is 132 Å². The largest absolute Gasteiger partial charge is 0.463 e. The van der Waals surface area contributed by atoms with Crippen molar-refractivity contribution in [2.75, 3.05) is 6.61 Å². The number of carbonyl (C=O) groups excluding carboxylic acids is 3. The van der Waals surface area contributed by atoms with Gasteiger partial charge in [0, 0.05) is 20.8 Å². The molecule has 0 aromatic rings. The zero-order valence-electron chi connectivity index (χ0n) is 15.2. The van der Waals surface area contributed by atoms with E-state index in [1.165, 1.54) is 38.0 Å². The summed E-state index contributed by atoms with van der Waals surface area (Å²) in [5.41, 5.74) is 0.321. The predicted molar refractivity (Wildman–Crippen MR) is 91.1 cm³/mol. The number of rotatable bonds is 5. The minimum atomic E-state index is -1.06. The third kappa shape index (κ3) is 4.04. The fourth-order valence-corrected chi connectivity index (χ4v) is 3.16. The van der Waals surface area contributed by atoms with E-state index < -0.39 is 42.4 Å². The zero-order valence-corrected chi connectivity index (χ0v) is 16.0. The molecular weight excluding hydrogens is 396 g/mol. The van der Waals surface area contributed by atoms with Gasteiger partial charge in [0.2, 0.25) is 0 Å². The van der Waals surface area contributed by atoms with Gasteiger partial charge in [-0.05, 0) is 0 Å². The maximum Gasteiger partial charge on any atom is 0.303 e. The van der Waals surface area contributed by atoms with Crippen LogP contribution in [-0.2, 0) is 33.3 Å². The Morgan fingerprint density at radius 1 is 1.07 bits per heavy atom. The van der Waals surface area contributed by atoms with Crippen molar-refractivity contribution < 1.29 is 33.3 Å². The van der Waals surface area contributed by atoms with E-state index in [9.17, 15) is 14.4 Å². The quantitative estimate of drug-likeness (QED) is 0.393. The highest BCUT2D eigenvalue weighted by Crippen LogP contribution is 2.37. The summed E-state index contributed by atoms with van der Waals surface area (Å²) in [5.74, 6) is -1.46. The SMILES string of the molecule is CC(=O)OC[C@H]1O[C@@H](n2cnc3ncnc-3c2Cl)[C@H](OC(C)=O)[C@H]1OC(C)=O. The van der Waals surface area contributed by atoms with Gasteiger partial charge in [-0.1, -0.05) is 11.6 Å². The lowest BCUT2D eigenvalue weighted by Gasteiger charge is -2.25. The van der Waals surface area contributed by atoms with Gasteiger partial charge in [0.05, 0.1) is 0 Å². The van der Waals surface area contributed by atoms with Crippen LogP contribution in [0.3, 0.4) is 0 Å². The summed E-state index contributed by atoms with van der Waals surface area (Å²) in [6.07, 6.45) is -1.35. The molecule has 0 unspecified atom stereocenters. The maximum atomic E-state index is 11.7. The third-order valence-electron chi connectivity index (χ3n) is 3.92. The van der Waals surface area contributed by atoms with Gasteiger partial charge in [-0.25, -0.2) is 15.0 Å². The molecule has 3 aliphatic heterocycles. The van der Waals surface area contributed by atoms with Crippen molar-refractivity contribution in [3.63, 3.8) is 0 Å². The van der Waals surface area contributed by atoms with Crippen molar-refractivity contribution >= 4 is 29.5 Å². The van der Waals surface area contributed by atoms with Gasteiger partial charge in [-0.15, -0.1) is 0 Å². The van der Waals surface area contributed by atoms with E-state index >= 15 is 0 Å². The highest BCUT2D eigenvalue weighted by Gasteiger charge is 2.51. The molecule has 1 saturated heterocycles. The molecule has 1 fully saturated rings. The van der Waals surface area contributed by atoms with Crippen molar-refractivity contribution in [1.82, 2.24) is 19.5 Å². The second kappa shape index (κ2) is 8.07. The standard InChI is InChI=1S/C16H17ClN4O7/c1-7(22)25-4-10-12(26-8(2)23)13(27-9(3)24)16(28-10)21-6-20-15-11(14(21)17)18-5-19-15/h5-6,10,12-13,16H,4H2,1-3H3/t10-,12+,13-,16-/m1/s1. The van der Waals surface area contributed by atoms with Gasteiger partial charge in [-0.2, -0.15) is 0 Å². The first kappa shape index (κ1) is 20.0. The minimum Gasteiger partial charge on any atom is -0.463 e. The van der Waals surface area contributed by atoms with E-state index in [4.69, 9.17) is 30.5 Å². The molecule has 3 heterocycles. The van der Waals surface area contributed by atoms with E-state index in [-0.39, 0.29) is 11.8 Å². The summed E-state index contributed by atoms with van der Waals surface area (Å²) in [5, 5.41) is 0.138. The highest BCUT2D eigenvalue weighted by atomic mass is 35.5. The fourth-order valence-electron chi connectivity index (χ4n) is 2.88. The second-order valence-electron chi connectivity index (χ2n) is 6.00. The lowest BCUT2D eigenvalue weighted by atomic mass is 10.1. The summed E-state index contributed by atoms with van der Waals surface area (Å²) in [4.78, 5) is 46.6. The second-order valence-corrected chi connectivity index (χ2v) is 6.36. The number of fused-ring (bicyclic) bond motifs is 1. The van der Waals surface area contributed by atoms with Gasteiger partial charge in [-0.3, -0.25) is 19.0 Å². The van der Waals surface area contributed by atoms with Crippen LogP contribution >= 0.6 is 11.6 Å². The first-order chi connectivity index (χ1) is 13.3. The molecule has 150 valence electrons. The minimum absolute atomic E-state index is 0.138. The summed E-state index contributed by atoms with van der Waals surface area (Å²) in [6, 6.07) is 0. The average molecular weight is 413 g/mol. The number of hydrogen-bond donors (Lipinski definition) is 0. The molecule has 0 aromatic heterocycles. The smallest absolute Gasteiger partial charge is 0.303 e. The van der Waals surface area contributed by atoms with Crippen LogP contribution in [0.4, 0.5) is 0 Å². The van der Waals surface area contributed by atoms with E-state index in [0.717, 1.165) is 0 Å². The molecule has 28 heavy (non-hydrogen) atoms. The van der Waals surface area contributed by atoms with Gasteiger partial charge >= 0.3 is 17.9 Å². The lowest BCUT2D eigenvalue weighted by Crippen LogP contribution is -2.40. The number of ether oxygens (including phenoxy) is 4. The highest BCUT2D eigenvalue weighted by molar-refractivity contribution is 6.31. The van der Waals surface area contributed by atoms with E-state index in [2.05, 4.69) is 15.0 Å². The van der Waals surface area contributed by atoms with Gasteiger partial charge in [0.1, 0.15) is 36.2 Å². The molecular formula is C16H17ClN4O7. The van der Waals surface area contributed by atoms with Crippen LogP contribution in [0.15, 0.2) is 12.7 Å². The number of halogens is 1. The van der Waals surface area contributed by atoms with Crippen molar-refractivity contribution in [2.24, 2.45) is 0 Å². The molecule has 0 saturated carbocycles. The molecule has 0 N–H and O–H groups in total. The molecule has 12 heteroatoms. The van der Waals surface area contributed by atoms with Crippen LogP contribution in [0.25, 0.3) is 11.5 Å². The Bertz CT molecular complexity index is 873. The Kier molecular flexibility index (Phi) is 5.75. The summed E-state index contributed by atoms with van der Waals surface area (Å²) in [7, 11) is 0. The fraction of sp³-hybridized carbons (Fsp3) is 0.500. The van der Waals surface area contributed by atoms with Gasteiger partial charge < -0.3 is 18.9 Å². The van der Waals surface area contributed by atoms with Crippen LogP contribution in [0.1, 0.15) is 27.0 Å². The zero-order chi connectivity index (χ0) is 20.4. The molecule has 0 aliphatic carbocycles. The summed E-state index contributed by atoms with van der Waals surface area (Å²) < 4.78 is 22.9. The normalized spacial score (nSPS) is 24.1. The van der Waals surface area contributed by atoms with Crippen LogP contribution in [0.5, 0.6) is 0 Å². The number of esters is 3. The molecule has 4 atom stereocenters. The molecule has 0 spiro atoms. The Balaban J connectivity index is 2.00. The summed E-state index contributed by atoms with van der Waals surface area (Å²) >= 11 is 6.40. The number of aromatic nitrogens is 4. The van der Waals surface area contributed by atoms with Crippen LogP contribution in [0.2, 0.25) is 5.15 Å². The molecule has 0 aromatic carbocycles. The van der Waals surface area contributed by atoms with Gasteiger partial charge in [0.15, 0.2) is 24.3 Å². The van der Waals surface area contributed by atoms with Crippen molar-refractivity contribution in [2.45, 2.75) is 45.3 Å². The molecule has 3 rings (SSSR count). The molecule has 0 radical (unpaired) electrons. The summed E-state index contributed by atoms with van der Waals surface area (Å²) in [6.45, 7) is 3.42. The van der Waals surface area contributed by atoms with Crippen LogP contribution in [0, 0.1) is 0 Å². The van der Waals surface area contributed by atoms with Crippen molar-refractivity contribution in [1.29, 1.82) is 0 Å². The molecule has 3 aliphatic rings. The number of imidazole rings is 1. The van der Waals surface area contributed by atoms with E-state index in [1.54, 1.807) is 0 Å². The Morgan fingerprint density at radius 3 is 2.39 bits per heavy atom. The van der Waals surface area contributed by atoms with E-state index in [1.807, 2.05) is 0 Å². The third-order valence-corrected chi connectivity index (χ3v) is 4.29. The van der Waals surface area contributed by atoms with Crippen molar-refractivity contribution in [3.8, 4) is 11.5 Å². The number of carbonyl (C=O) groups is 3. The molecule has 11 nitrogen and oxygen atoms in total. The van der Waals surface area contributed by atoms with E-state index in [0.29, 0.717) is 11.5 Å². The Morgan fingerprint density at radius 2 is 1.75 bits per heavy atom. The first-order valence-corrected chi connectivity index (χ1v) is 8.62. The van der Waals surface area contributed by atoms with Gasteiger partial charge in [0.25, 0.3) is 0 Å². The number of nitrogens with zero attached hydrogens (tertiary/aromatic N) is 4.